The second kappa shape index (κ2) is 10.9. The number of ketones is 1. The number of carbonyl (C=O) groups is 2. The molecule has 154 valence electrons. The molecule has 0 bridgehead atoms. The largest absolute Gasteiger partial charge is 0.503 e. The van der Waals surface area contributed by atoms with Crippen molar-refractivity contribution >= 4 is 57.8 Å². The fraction of sp³-hybridized carbons (Fsp3) is 0.263. The lowest BCUT2D eigenvalue weighted by molar-refractivity contribution is -0.133. The van der Waals surface area contributed by atoms with Crippen molar-refractivity contribution in [1.82, 2.24) is 4.37 Å². The first-order valence-corrected chi connectivity index (χ1v) is 9.80. The van der Waals surface area contributed by atoms with Gasteiger partial charge in [0.1, 0.15) is 22.1 Å². The molecule has 0 saturated carbocycles. The molecule has 7 nitrogen and oxygen atoms in total. The van der Waals surface area contributed by atoms with E-state index in [1.165, 1.54) is 20.5 Å². The minimum absolute atomic E-state index is 0.0108. The summed E-state index contributed by atoms with van der Waals surface area (Å²) in [7, 11) is 2.73. The number of Topliss-reactive ketones (excluding diaryl/α,β-unsaturated/α-hetero) is 1. The molecule has 0 radical (unpaired) electrons. The lowest BCUT2D eigenvalue weighted by Crippen LogP contribution is -2.08. The van der Waals surface area contributed by atoms with Crippen LogP contribution >= 0.6 is 34.7 Å². The summed E-state index contributed by atoms with van der Waals surface area (Å²) in [6.45, 7) is 1.73. The number of nitrogens with zero attached hydrogens (tertiary/aromatic N) is 2. The zero-order valence-electron chi connectivity index (χ0n) is 15.9. The van der Waals surface area contributed by atoms with Crippen molar-refractivity contribution in [3.8, 4) is 0 Å². The van der Waals surface area contributed by atoms with Crippen molar-refractivity contribution < 1.29 is 23.9 Å². The fourth-order valence-electron chi connectivity index (χ4n) is 2.35. The smallest absolute Gasteiger partial charge is 0.341 e. The van der Waals surface area contributed by atoms with Crippen LogP contribution in [0.15, 0.2) is 35.7 Å². The number of esters is 1. The molecule has 1 aromatic heterocycles. The molecule has 1 heterocycles. The number of halogens is 2. The molecule has 0 N–H and O–H groups in total. The summed E-state index contributed by atoms with van der Waals surface area (Å²) in [5.41, 5.74) is 1.99. The Kier molecular flexibility index (Phi) is 8.63. The first-order valence-electron chi connectivity index (χ1n) is 8.27. The number of carbonyl (C=O) groups excluding carboxylic acids is 2. The number of hydrogen-bond acceptors (Lipinski definition) is 8. The van der Waals surface area contributed by atoms with E-state index in [9.17, 15) is 9.59 Å². The Balaban J connectivity index is 2.08. The van der Waals surface area contributed by atoms with Gasteiger partial charge >= 0.3 is 5.97 Å². The summed E-state index contributed by atoms with van der Waals surface area (Å²) in [6, 6.07) is 7.12. The zero-order chi connectivity index (χ0) is 21.4. The molecule has 0 aliphatic carbocycles. The van der Waals surface area contributed by atoms with Crippen LogP contribution in [-0.4, -0.2) is 36.1 Å². The fourth-order valence-corrected chi connectivity index (χ4v) is 3.52. The second-order valence-corrected chi connectivity index (χ2v) is 7.24. The lowest BCUT2D eigenvalue weighted by Gasteiger charge is -2.11. The normalized spacial score (nSPS) is 11.9. The lowest BCUT2D eigenvalue weighted by atomic mass is 10.0. The second-order valence-electron chi connectivity index (χ2n) is 5.73. The third-order valence-corrected chi connectivity index (χ3v) is 5.49. The van der Waals surface area contributed by atoms with Gasteiger partial charge < -0.3 is 14.3 Å². The van der Waals surface area contributed by atoms with E-state index in [2.05, 4.69) is 9.53 Å². The molecule has 0 fully saturated rings. The zero-order valence-corrected chi connectivity index (χ0v) is 18.2. The number of hydrogen-bond donors (Lipinski definition) is 0. The van der Waals surface area contributed by atoms with Crippen LogP contribution in [0.25, 0.3) is 5.57 Å². The highest BCUT2D eigenvalue weighted by Crippen LogP contribution is 2.29. The van der Waals surface area contributed by atoms with Crippen molar-refractivity contribution in [2.45, 2.75) is 20.0 Å². The molecule has 0 unspecified atom stereocenters. The summed E-state index contributed by atoms with van der Waals surface area (Å²) in [4.78, 5) is 29.9. The average molecular weight is 457 g/mol. The summed E-state index contributed by atoms with van der Waals surface area (Å²) >= 11 is 12.7. The average Bonchev–Trinajstić information content (AvgIpc) is 3.04. The van der Waals surface area contributed by atoms with Crippen LogP contribution in [0.3, 0.4) is 0 Å². The van der Waals surface area contributed by atoms with Crippen molar-refractivity contribution in [3.05, 3.63) is 56.7 Å². The van der Waals surface area contributed by atoms with Gasteiger partial charge in [-0.2, -0.15) is 4.37 Å². The number of methoxy groups -OCH3 is 2. The maximum atomic E-state index is 12.3. The quantitative estimate of drug-likeness (QED) is 0.135. The van der Waals surface area contributed by atoms with E-state index in [-0.39, 0.29) is 39.4 Å². The van der Waals surface area contributed by atoms with Crippen molar-refractivity contribution in [2.75, 3.05) is 14.2 Å². The first-order chi connectivity index (χ1) is 13.9. The van der Waals surface area contributed by atoms with Gasteiger partial charge in [-0.05, 0) is 24.0 Å². The van der Waals surface area contributed by atoms with E-state index in [0.29, 0.717) is 16.8 Å². The van der Waals surface area contributed by atoms with Gasteiger partial charge in [0.25, 0.3) is 0 Å². The Morgan fingerprint density at radius 3 is 2.59 bits per heavy atom. The molecule has 1 aromatic carbocycles. The van der Waals surface area contributed by atoms with E-state index in [1.54, 1.807) is 31.2 Å². The maximum absolute atomic E-state index is 12.3. The summed E-state index contributed by atoms with van der Waals surface area (Å²) < 4.78 is 13.6. The summed E-state index contributed by atoms with van der Waals surface area (Å²) in [5, 5.41) is 4.22. The summed E-state index contributed by atoms with van der Waals surface area (Å²) in [6.07, 6.45) is 1.32. The minimum atomic E-state index is -0.537. The van der Waals surface area contributed by atoms with Gasteiger partial charge in [0.05, 0.1) is 32.6 Å². The van der Waals surface area contributed by atoms with Crippen LogP contribution < -0.4 is 0 Å². The predicted molar refractivity (Wildman–Crippen MR) is 112 cm³/mol. The topological polar surface area (TPSA) is 87.1 Å². The van der Waals surface area contributed by atoms with E-state index in [1.807, 2.05) is 0 Å². The molecule has 0 atom stereocenters. The number of ether oxygens (including phenoxy) is 2. The van der Waals surface area contributed by atoms with Crippen molar-refractivity contribution in [3.63, 3.8) is 0 Å². The number of rotatable bonds is 9. The van der Waals surface area contributed by atoms with E-state index < -0.39 is 5.97 Å². The molecule has 2 rings (SSSR count). The van der Waals surface area contributed by atoms with Crippen LogP contribution in [0.2, 0.25) is 10.2 Å². The van der Waals surface area contributed by atoms with Crippen LogP contribution in [0.4, 0.5) is 0 Å². The predicted octanol–water partition coefficient (Wildman–Crippen LogP) is 4.78. The molecule has 0 spiro atoms. The highest BCUT2D eigenvalue weighted by Gasteiger charge is 2.19. The van der Waals surface area contributed by atoms with Gasteiger partial charge in [0, 0.05) is 5.56 Å². The van der Waals surface area contributed by atoms with Crippen molar-refractivity contribution in [1.29, 1.82) is 0 Å². The molecule has 10 heteroatoms. The molecule has 0 amide bonds. The number of aromatic nitrogens is 1. The number of benzene rings is 1. The van der Waals surface area contributed by atoms with Crippen LogP contribution in [0.5, 0.6) is 0 Å². The highest BCUT2D eigenvalue weighted by atomic mass is 35.5. The Morgan fingerprint density at radius 2 is 1.97 bits per heavy atom. The minimum Gasteiger partial charge on any atom is -0.503 e. The third-order valence-electron chi connectivity index (χ3n) is 3.66. The molecule has 29 heavy (non-hydrogen) atoms. The molecule has 0 saturated heterocycles. The van der Waals surface area contributed by atoms with E-state index in [0.717, 1.165) is 11.5 Å². The van der Waals surface area contributed by atoms with Crippen LogP contribution in [0, 0.1) is 0 Å². The number of oxime groups is 1. The van der Waals surface area contributed by atoms with E-state index >= 15 is 0 Å². The Labute approximate surface area is 182 Å². The van der Waals surface area contributed by atoms with Gasteiger partial charge in [-0.15, -0.1) is 0 Å². The molecule has 0 aliphatic heterocycles. The first kappa shape index (κ1) is 22.9. The monoisotopic (exact) mass is 456 g/mol. The Morgan fingerprint density at radius 1 is 1.24 bits per heavy atom. The van der Waals surface area contributed by atoms with E-state index in [4.69, 9.17) is 37.5 Å². The van der Waals surface area contributed by atoms with Crippen molar-refractivity contribution in [2.24, 2.45) is 5.16 Å². The Hall–Kier alpha value is -2.42. The van der Waals surface area contributed by atoms with Gasteiger partial charge in [0.2, 0.25) is 0 Å². The van der Waals surface area contributed by atoms with Gasteiger partial charge in [-0.1, -0.05) is 52.6 Å². The Bertz CT molecular complexity index is 956. The highest BCUT2D eigenvalue weighted by molar-refractivity contribution is 7.09. The van der Waals surface area contributed by atoms with Gasteiger partial charge in [-0.25, -0.2) is 4.79 Å². The molecular formula is C19H18Cl2N2O5S. The molecule has 2 aromatic rings. The van der Waals surface area contributed by atoms with Gasteiger partial charge in [-0.3, -0.25) is 4.79 Å². The molecular weight excluding hydrogens is 439 g/mol. The SMILES string of the molecule is CO/C=C(/C(=O)OC)c1ccccc1CO/N=C(\C)CC(=O)c1snc(Cl)c1Cl. The van der Waals surface area contributed by atoms with Crippen LogP contribution in [0.1, 0.15) is 34.1 Å². The van der Waals surface area contributed by atoms with Crippen LogP contribution in [-0.2, 0) is 25.7 Å². The standard InChI is InChI=1S/C19H18Cl2N2O5S/c1-11(8-15(24)17-16(20)18(21)23-29-17)22-28-9-12-6-4-5-7-13(12)14(10-26-2)19(25)27-3/h4-7,10H,8-9H2,1-3H3/b14-10+,22-11+. The molecule has 0 aliphatic rings. The van der Waals surface area contributed by atoms with Gasteiger partial charge in [0.15, 0.2) is 10.9 Å². The maximum Gasteiger partial charge on any atom is 0.341 e. The summed E-state index contributed by atoms with van der Waals surface area (Å²) in [5.74, 6) is -0.787. The third kappa shape index (κ3) is 6.03.